The van der Waals surface area contributed by atoms with Crippen LogP contribution in [0, 0.1) is 5.92 Å². The number of benzene rings is 2. The Labute approximate surface area is 199 Å². The third kappa shape index (κ3) is 3.70. The Morgan fingerprint density at radius 2 is 1.73 bits per heavy atom. The largest absolute Gasteiger partial charge is 0.462 e. The number of ether oxygens (including phenoxy) is 1. The summed E-state index contributed by atoms with van der Waals surface area (Å²) in [6.07, 6.45) is -0.954. The zero-order valence-corrected chi connectivity index (χ0v) is 19.1. The zero-order chi connectivity index (χ0) is 23.1. The van der Waals surface area contributed by atoms with Gasteiger partial charge in [0.05, 0.1) is 23.5 Å². The molecule has 2 fully saturated rings. The van der Waals surface area contributed by atoms with E-state index in [0.29, 0.717) is 22.0 Å². The first-order chi connectivity index (χ1) is 16.0. The van der Waals surface area contributed by atoms with Gasteiger partial charge in [-0.15, -0.1) is 11.3 Å². The van der Waals surface area contributed by atoms with Crippen molar-refractivity contribution in [2.45, 2.75) is 19.1 Å². The summed E-state index contributed by atoms with van der Waals surface area (Å²) in [7, 11) is 0. The van der Waals surface area contributed by atoms with Crippen molar-refractivity contribution in [2.75, 3.05) is 16.6 Å². The van der Waals surface area contributed by atoms with Crippen LogP contribution in [0.4, 0.5) is 11.4 Å². The van der Waals surface area contributed by atoms with Gasteiger partial charge in [0, 0.05) is 9.90 Å². The first kappa shape index (κ1) is 21.6. The Morgan fingerprint density at radius 1 is 1.03 bits per heavy atom. The van der Waals surface area contributed by atoms with E-state index in [1.54, 1.807) is 60.5 Å². The fourth-order valence-electron chi connectivity index (χ4n) is 4.19. The Balaban J connectivity index is 1.48. The summed E-state index contributed by atoms with van der Waals surface area (Å²) in [5, 5.41) is 4.14. The number of nitrogens with zero attached hydrogens (tertiary/aromatic N) is 2. The lowest BCUT2D eigenvalue weighted by atomic mass is 9.95. The number of hydrogen-bond donors (Lipinski definition) is 0. The summed E-state index contributed by atoms with van der Waals surface area (Å²) >= 11 is 7.53. The molecule has 3 aromatic rings. The van der Waals surface area contributed by atoms with Gasteiger partial charge in [-0.05, 0) is 66.9 Å². The number of esters is 1. The van der Waals surface area contributed by atoms with Gasteiger partial charge in [-0.25, -0.2) is 14.8 Å². The molecule has 2 aromatic carbocycles. The maximum Gasteiger partial charge on any atom is 0.338 e. The minimum absolute atomic E-state index is 0.263. The molecule has 2 saturated heterocycles. The summed E-state index contributed by atoms with van der Waals surface area (Å²) in [6.45, 7) is 1.99. The summed E-state index contributed by atoms with van der Waals surface area (Å²) in [5.41, 5.74) is 1.44. The van der Waals surface area contributed by atoms with Crippen LogP contribution in [0.5, 0.6) is 0 Å². The molecule has 3 atom stereocenters. The number of amides is 2. The van der Waals surface area contributed by atoms with Crippen LogP contribution in [0.3, 0.4) is 0 Å². The molecule has 2 amide bonds. The first-order valence-corrected chi connectivity index (χ1v) is 11.7. The Morgan fingerprint density at radius 3 is 2.36 bits per heavy atom. The van der Waals surface area contributed by atoms with E-state index in [2.05, 4.69) is 0 Å². The van der Waals surface area contributed by atoms with Gasteiger partial charge < -0.3 is 4.74 Å². The fraction of sp³-hybridized carbons (Fsp3) is 0.208. The Hall–Kier alpha value is -3.20. The summed E-state index contributed by atoms with van der Waals surface area (Å²) in [4.78, 5) is 46.9. The van der Waals surface area contributed by atoms with E-state index < -0.39 is 29.9 Å². The lowest BCUT2D eigenvalue weighted by molar-refractivity contribution is -0.126. The van der Waals surface area contributed by atoms with Gasteiger partial charge in [0.2, 0.25) is 5.91 Å². The zero-order valence-electron chi connectivity index (χ0n) is 17.5. The molecule has 0 aliphatic carbocycles. The summed E-state index contributed by atoms with van der Waals surface area (Å²) in [6, 6.07) is 16.7. The summed E-state index contributed by atoms with van der Waals surface area (Å²) in [5.74, 6) is -1.95. The average molecular weight is 483 g/mol. The van der Waals surface area contributed by atoms with Crippen molar-refractivity contribution in [2.24, 2.45) is 5.92 Å². The van der Waals surface area contributed by atoms with Crippen LogP contribution in [0.25, 0.3) is 0 Å². The predicted molar refractivity (Wildman–Crippen MR) is 124 cm³/mol. The maximum atomic E-state index is 13.5. The highest BCUT2D eigenvalue weighted by Gasteiger charge is 2.60. The second-order valence-electron chi connectivity index (χ2n) is 7.59. The van der Waals surface area contributed by atoms with Crippen molar-refractivity contribution in [1.82, 2.24) is 0 Å². The molecule has 5 rings (SSSR count). The van der Waals surface area contributed by atoms with Crippen molar-refractivity contribution in [3.8, 4) is 0 Å². The second kappa shape index (κ2) is 8.62. The molecule has 2 aliphatic rings. The quantitative estimate of drug-likeness (QED) is 0.390. The number of carbonyl (C=O) groups excluding carboxylic acids is 3. The van der Waals surface area contributed by atoms with Crippen molar-refractivity contribution >= 4 is 52.1 Å². The van der Waals surface area contributed by atoms with E-state index in [4.69, 9.17) is 21.2 Å². The third-order valence-electron chi connectivity index (χ3n) is 5.67. The van der Waals surface area contributed by atoms with E-state index in [0.717, 1.165) is 9.78 Å². The number of hydrogen-bond acceptors (Lipinski definition) is 7. The van der Waals surface area contributed by atoms with Crippen LogP contribution in [0.1, 0.15) is 28.2 Å². The highest BCUT2D eigenvalue weighted by atomic mass is 35.5. The van der Waals surface area contributed by atoms with Crippen molar-refractivity contribution in [3.63, 3.8) is 0 Å². The molecular formula is C24H19ClN2O5S. The molecule has 3 heterocycles. The van der Waals surface area contributed by atoms with Gasteiger partial charge in [-0.2, -0.15) is 0 Å². The molecule has 33 heavy (non-hydrogen) atoms. The van der Waals surface area contributed by atoms with Crippen LogP contribution in [-0.2, 0) is 19.2 Å². The van der Waals surface area contributed by atoms with Gasteiger partial charge in [-0.3, -0.25) is 14.4 Å². The van der Waals surface area contributed by atoms with Crippen molar-refractivity contribution in [3.05, 3.63) is 81.5 Å². The molecule has 0 bridgehead atoms. The van der Waals surface area contributed by atoms with Crippen LogP contribution in [0.15, 0.2) is 66.0 Å². The maximum absolute atomic E-state index is 13.5. The number of thiophene rings is 1. The van der Waals surface area contributed by atoms with Gasteiger partial charge in [0.1, 0.15) is 12.0 Å². The standard InChI is InChI=1S/C24H19ClN2O5S/c1-2-31-24(30)14-5-9-16(10-6-14)26-22(28)19-20(18-4-3-13-33-18)27(32-21(19)23(26)29)17-11-7-15(25)8-12-17/h3-13,19-21H,2H2,1H3. The number of halogens is 1. The molecule has 0 radical (unpaired) electrons. The van der Waals surface area contributed by atoms with E-state index in [9.17, 15) is 14.4 Å². The number of carbonyl (C=O) groups is 3. The molecule has 1 aromatic heterocycles. The van der Waals surface area contributed by atoms with Crippen molar-refractivity contribution < 1.29 is 24.0 Å². The van der Waals surface area contributed by atoms with E-state index in [1.807, 2.05) is 17.5 Å². The fourth-order valence-corrected chi connectivity index (χ4v) is 5.17. The van der Waals surface area contributed by atoms with Gasteiger partial charge in [0.15, 0.2) is 6.10 Å². The SMILES string of the molecule is CCOC(=O)c1ccc(N2C(=O)C3ON(c4ccc(Cl)cc4)C(c4cccs4)C3C2=O)cc1. The number of anilines is 2. The number of fused-ring (bicyclic) bond motifs is 1. The van der Waals surface area contributed by atoms with Crippen LogP contribution in [-0.4, -0.2) is 30.5 Å². The second-order valence-corrected chi connectivity index (χ2v) is 9.01. The average Bonchev–Trinajstić information content (AvgIpc) is 3.52. The molecule has 2 aliphatic heterocycles. The topological polar surface area (TPSA) is 76.2 Å². The van der Waals surface area contributed by atoms with Crippen LogP contribution in [0.2, 0.25) is 5.02 Å². The third-order valence-corrected chi connectivity index (χ3v) is 6.86. The normalized spacial score (nSPS) is 22.1. The molecule has 3 unspecified atom stereocenters. The van der Waals surface area contributed by atoms with E-state index >= 15 is 0 Å². The molecule has 9 heteroatoms. The summed E-state index contributed by atoms with van der Waals surface area (Å²) < 4.78 is 4.99. The molecule has 0 saturated carbocycles. The molecule has 168 valence electrons. The molecule has 7 nitrogen and oxygen atoms in total. The van der Waals surface area contributed by atoms with Crippen LogP contribution < -0.4 is 9.96 Å². The lowest BCUT2D eigenvalue weighted by Gasteiger charge is -2.27. The number of rotatable bonds is 5. The number of hydroxylamine groups is 1. The minimum atomic E-state index is -0.954. The predicted octanol–water partition coefficient (Wildman–Crippen LogP) is 4.63. The highest BCUT2D eigenvalue weighted by molar-refractivity contribution is 7.10. The lowest BCUT2D eigenvalue weighted by Crippen LogP contribution is -2.37. The van der Waals surface area contributed by atoms with E-state index in [-0.39, 0.29) is 12.5 Å². The smallest absolute Gasteiger partial charge is 0.338 e. The van der Waals surface area contributed by atoms with Gasteiger partial charge >= 0.3 is 5.97 Å². The highest BCUT2D eigenvalue weighted by Crippen LogP contribution is 2.48. The monoisotopic (exact) mass is 482 g/mol. The van der Waals surface area contributed by atoms with E-state index in [1.165, 1.54) is 11.3 Å². The van der Waals surface area contributed by atoms with Gasteiger partial charge in [-0.1, -0.05) is 17.7 Å². The molecule has 0 N–H and O–H groups in total. The number of imide groups is 1. The Kier molecular flexibility index (Phi) is 5.65. The minimum Gasteiger partial charge on any atom is -0.462 e. The van der Waals surface area contributed by atoms with Crippen molar-refractivity contribution in [1.29, 1.82) is 0 Å². The Bertz CT molecular complexity index is 1200. The molecule has 0 spiro atoms. The molecular weight excluding hydrogens is 464 g/mol. The van der Waals surface area contributed by atoms with Gasteiger partial charge in [0.25, 0.3) is 5.91 Å². The first-order valence-electron chi connectivity index (χ1n) is 10.4. The van der Waals surface area contributed by atoms with Crippen LogP contribution >= 0.6 is 22.9 Å².